The number of carbonyl (C=O) groups excluding carboxylic acids is 1. The van der Waals surface area contributed by atoms with Crippen molar-refractivity contribution in [3.8, 4) is 0 Å². The zero-order chi connectivity index (χ0) is 15.0. The molecule has 0 fully saturated rings. The Kier molecular flexibility index (Phi) is 6.47. The maximum Gasteiger partial charge on any atom is 0.416 e. The van der Waals surface area contributed by atoms with Gasteiger partial charge < -0.3 is 15.4 Å². The molecule has 20 heavy (non-hydrogen) atoms. The van der Waals surface area contributed by atoms with E-state index >= 15 is 0 Å². The largest absolute Gasteiger partial charge is 0.416 e. The standard InChI is InChI=1S/C13H17F3N2O2/c1-20-8-7-17-5-6-18-12(19)10-3-2-4-11(9-10)13(14,15)16/h2-4,9,17H,5-8H2,1H3,(H,18,19). The molecule has 0 radical (unpaired) electrons. The van der Waals surface area contributed by atoms with Crippen molar-refractivity contribution in [2.75, 3.05) is 33.4 Å². The van der Waals surface area contributed by atoms with Crippen LogP contribution in [0.25, 0.3) is 0 Å². The summed E-state index contributed by atoms with van der Waals surface area (Å²) in [6.45, 7) is 2.06. The minimum absolute atomic E-state index is 0.00304. The molecule has 0 saturated heterocycles. The van der Waals surface area contributed by atoms with Crippen molar-refractivity contribution in [1.29, 1.82) is 0 Å². The summed E-state index contributed by atoms with van der Waals surface area (Å²) in [5.74, 6) is -0.523. The average Bonchev–Trinajstić information content (AvgIpc) is 2.41. The predicted octanol–water partition coefficient (Wildman–Crippen LogP) is 1.67. The summed E-state index contributed by atoms with van der Waals surface area (Å²) in [4.78, 5) is 11.7. The van der Waals surface area contributed by atoms with Gasteiger partial charge in [0.25, 0.3) is 5.91 Å². The van der Waals surface area contributed by atoms with E-state index in [0.717, 1.165) is 12.1 Å². The van der Waals surface area contributed by atoms with E-state index in [9.17, 15) is 18.0 Å². The highest BCUT2D eigenvalue weighted by Crippen LogP contribution is 2.29. The van der Waals surface area contributed by atoms with Crippen molar-refractivity contribution in [1.82, 2.24) is 10.6 Å². The molecular formula is C13H17F3N2O2. The quantitative estimate of drug-likeness (QED) is 0.751. The third-order valence-electron chi connectivity index (χ3n) is 2.52. The summed E-state index contributed by atoms with van der Waals surface area (Å²) in [5, 5.41) is 5.55. The molecule has 7 heteroatoms. The molecule has 0 bridgehead atoms. The maximum atomic E-state index is 12.5. The van der Waals surface area contributed by atoms with Crippen LogP contribution >= 0.6 is 0 Å². The second-order valence-electron chi connectivity index (χ2n) is 4.08. The molecule has 4 nitrogen and oxygen atoms in total. The van der Waals surface area contributed by atoms with Gasteiger partial charge in [0.1, 0.15) is 0 Å². The number of benzene rings is 1. The van der Waals surface area contributed by atoms with Gasteiger partial charge in [-0.3, -0.25) is 4.79 Å². The smallest absolute Gasteiger partial charge is 0.383 e. The summed E-state index contributed by atoms with van der Waals surface area (Å²) in [7, 11) is 1.58. The van der Waals surface area contributed by atoms with Crippen LogP contribution in [0.4, 0.5) is 13.2 Å². The number of amides is 1. The normalized spacial score (nSPS) is 11.4. The van der Waals surface area contributed by atoms with Gasteiger partial charge in [-0.05, 0) is 18.2 Å². The molecule has 0 aliphatic rings. The molecule has 0 spiro atoms. The Labute approximate surface area is 115 Å². The average molecular weight is 290 g/mol. The van der Waals surface area contributed by atoms with Crippen molar-refractivity contribution in [3.05, 3.63) is 35.4 Å². The molecule has 112 valence electrons. The van der Waals surface area contributed by atoms with Gasteiger partial charge in [-0.2, -0.15) is 13.2 Å². The topological polar surface area (TPSA) is 50.4 Å². The Morgan fingerprint density at radius 1 is 1.25 bits per heavy atom. The first-order valence-corrected chi connectivity index (χ1v) is 6.10. The number of carbonyl (C=O) groups is 1. The van der Waals surface area contributed by atoms with Crippen molar-refractivity contribution in [2.24, 2.45) is 0 Å². The second kappa shape index (κ2) is 7.86. The molecule has 0 unspecified atom stereocenters. The van der Waals surface area contributed by atoms with Crippen molar-refractivity contribution >= 4 is 5.91 Å². The predicted molar refractivity (Wildman–Crippen MR) is 68.5 cm³/mol. The summed E-state index contributed by atoms with van der Waals surface area (Å²) in [6, 6.07) is 4.34. The lowest BCUT2D eigenvalue weighted by atomic mass is 10.1. The lowest BCUT2D eigenvalue weighted by Crippen LogP contribution is -2.33. The van der Waals surface area contributed by atoms with E-state index in [2.05, 4.69) is 10.6 Å². The lowest BCUT2D eigenvalue weighted by molar-refractivity contribution is -0.137. The van der Waals surface area contributed by atoms with Crippen molar-refractivity contribution < 1.29 is 22.7 Å². The minimum atomic E-state index is -4.45. The van der Waals surface area contributed by atoms with Gasteiger partial charge in [-0.25, -0.2) is 0 Å². The molecular weight excluding hydrogens is 273 g/mol. The molecule has 0 aliphatic heterocycles. The number of hydrogen-bond donors (Lipinski definition) is 2. The number of halogens is 3. The van der Waals surface area contributed by atoms with E-state index in [1.807, 2.05) is 0 Å². The highest BCUT2D eigenvalue weighted by atomic mass is 19.4. The zero-order valence-corrected chi connectivity index (χ0v) is 11.1. The Bertz CT molecular complexity index is 436. The molecule has 0 atom stereocenters. The van der Waals surface area contributed by atoms with Crippen LogP contribution in [0.2, 0.25) is 0 Å². The minimum Gasteiger partial charge on any atom is -0.383 e. The Balaban J connectivity index is 2.44. The first kappa shape index (κ1) is 16.5. The SMILES string of the molecule is COCCNCCNC(=O)c1cccc(C(F)(F)F)c1. The van der Waals surface area contributed by atoms with E-state index in [4.69, 9.17) is 4.74 Å². The van der Waals surface area contributed by atoms with Gasteiger partial charge in [0, 0.05) is 32.3 Å². The molecule has 0 saturated carbocycles. The van der Waals surface area contributed by atoms with E-state index in [1.54, 1.807) is 7.11 Å². The number of nitrogens with one attached hydrogen (secondary N) is 2. The highest BCUT2D eigenvalue weighted by molar-refractivity contribution is 5.94. The Hall–Kier alpha value is -1.60. The Morgan fingerprint density at radius 2 is 2.00 bits per heavy atom. The molecule has 1 rings (SSSR count). The first-order chi connectivity index (χ1) is 9.45. The van der Waals surface area contributed by atoms with Crippen LogP contribution in [0.15, 0.2) is 24.3 Å². The van der Waals surface area contributed by atoms with E-state index in [1.165, 1.54) is 12.1 Å². The van der Waals surface area contributed by atoms with Crippen LogP contribution in [-0.4, -0.2) is 39.3 Å². The number of methoxy groups -OCH3 is 1. The van der Waals surface area contributed by atoms with Gasteiger partial charge in [0.15, 0.2) is 0 Å². The number of alkyl halides is 3. The lowest BCUT2D eigenvalue weighted by Gasteiger charge is -2.09. The summed E-state index contributed by atoms with van der Waals surface area (Å²) >= 11 is 0. The fourth-order valence-corrected chi connectivity index (χ4v) is 1.50. The van der Waals surface area contributed by atoms with Crippen molar-refractivity contribution in [2.45, 2.75) is 6.18 Å². The third-order valence-corrected chi connectivity index (χ3v) is 2.52. The van der Waals surface area contributed by atoms with Gasteiger partial charge in [0.2, 0.25) is 0 Å². The van der Waals surface area contributed by atoms with E-state index in [0.29, 0.717) is 26.2 Å². The molecule has 2 N–H and O–H groups in total. The van der Waals surface area contributed by atoms with Crippen LogP contribution < -0.4 is 10.6 Å². The van der Waals surface area contributed by atoms with Crippen LogP contribution in [0, 0.1) is 0 Å². The summed E-state index contributed by atoms with van der Waals surface area (Å²) < 4.78 is 42.3. The monoisotopic (exact) mass is 290 g/mol. The maximum absolute atomic E-state index is 12.5. The van der Waals surface area contributed by atoms with Crippen molar-refractivity contribution in [3.63, 3.8) is 0 Å². The van der Waals surface area contributed by atoms with E-state index in [-0.39, 0.29) is 5.56 Å². The van der Waals surface area contributed by atoms with Crippen LogP contribution in [0.3, 0.4) is 0 Å². The van der Waals surface area contributed by atoms with Gasteiger partial charge in [-0.15, -0.1) is 0 Å². The fourth-order valence-electron chi connectivity index (χ4n) is 1.50. The molecule has 1 amide bonds. The summed E-state index contributed by atoms with van der Waals surface area (Å²) in [5.41, 5.74) is -0.833. The van der Waals surface area contributed by atoms with Gasteiger partial charge in [0.05, 0.1) is 12.2 Å². The number of rotatable bonds is 7. The molecule has 0 aromatic heterocycles. The van der Waals surface area contributed by atoms with Crippen LogP contribution in [0.5, 0.6) is 0 Å². The van der Waals surface area contributed by atoms with Gasteiger partial charge in [-0.1, -0.05) is 6.07 Å². The highest BCUT2D eigenvalue weighted by Gasteiger charge is 2.30. The molecule has 0 aliphatic carbocycles. The Morgan fingerprint density at radius 3 is 2.65 bits per heavy atom. The fraction of sp³-hybridized carbons (Fsp3) is 0.462. The first-order valence-electron chi connectivity index (χ1n) is 6.10. The van der Waals surface area contributed by atoms with Crippen LogP contribution in [-0.2, 0) is 10.9 Å². The zero-order valence-electron chi connectivity index (χ0n) is 11.1. The molecule has 0 heterocycles. The third kappa shape index (κ3) is 5.58. The molecule has 1 aromatic rings. The van der Waals surface area contributed by atoms with Gasteiger partial charge >= 0.3 is 6.18 Å². The molecule has 1 aromatic carbocycles. The number of ether oxygens (including phenoxy) is 1. The number of hydrogen-bond acceptors (Lipinski definition) is 3. The van der Waals surface area contributed by atoms with Crippen LogP contribution in [0.1, 0.15) is 15.9 Å². The summed E-state index contributed by atoms with van der Waals surface area (Å²) in [6.07, 6.45) is -4.45. The second-order valence-corrected chi connectivity index (χ2v) is 4.08. The van der Waals surface area contributed by atoms with E-state index < -0.39 is 17.6 Å².